The molecule has 3 rings (SSSR count). The van der Waals surface area contributed by atoms with E-state index < -0.39 is 6.04 Å². The van der Waals surface area contributed by atoms with E-state index in [2.05, 4.69) is 4.90 Å². The number of halogens is 1. The number of likely N-dealkylation sites (tertiary alicyclic amines) is 1. The lowest BCUT2D eigenvalue weighted by Gasteiger charge is -2.38. The first-order chi connectivity index (χ1) is 11.5. The molecule has 24 heavy (non-hydrogen) atoms. The van der Waals surface area contributed by atoms with Crippen LogP contribution in [0.1, 0.15) is 37.7 Å². The molecule has 0 aromatic heterocycles. The molecule has 0 saturated carbocycles. The van der Waals surface area contributed by atoms with Crippen LogP contribution in [0.5, 0.6) is 0 Å². The minimum Gasteiger partial charge on any atom is -0.396 e. The molecule has 5 nitrogen and oxygen atoms in total. The Labute approximate surface area is 147 Å². The maximum Gasteiger partial charge on any atom is 0.251 e. The third-order valence-electron chi connectivity index (χ3n) is 5.07. The van der Waals surface area contributed by atoms with E-state index in [4.69, 9.17) is 11.6 Å². The largest absolute Gasteiger partial charge is 0.396 e. The van der Waals surface area contributed by atoms with Crippen molar-refractivity contribution in [3.05, 3.63) is 28.8 Å². The fourth-order valence-electron chi connectivity index (χ4n) is 3.84. The molecule has 2 unspecified atom stereocenters. The van der Waals surface area contributed by atoms with Crippen molar-refractivity contribution in [3.8, 4) is 0 Å². The zero-order valence-corrected chi connectivity index (χ0v) is 14.6. The van der Waals surface area contributed by atoms with Gasteiger partial charge in [0.05, 0.1) is 18.2 Å². The summed E-state index contributed by atoms with van der Waals surface area (Å²) in [5.41, 5.74) is 1.43. The lowest BCUT2D eigenvalue weighted by molar-refractivity contribution is -0.124. The van der Waals surface area contributed by atoms with Crippen molar-refractivity contribution >= 4 is 29.1 Å². The molecule has 0 bridgehead atoms. The highest BCUT2D eigenvalue weighted by Crippen LogP contribution is 2.33. The Morgan fingerprint density at radius 1 is 1.29 bits per heavy atom. The highest BCUT2D eigenvalue weighted by atomic mass is 35.5. The van der Waals surface area contributed by atoms with Gasteiger partial charge >= 0.3 is 0 Å². The first-order valence-corrected chi connectivity index (χ1v) is 8.90. The maximum atomic E-state index is 13.0. The normalized spacial score (nSPS) is 25.5. The number of imide groups is 1. The predicted octanol–water partition coefficient (Wildman–Crippen LogP) is 2.52. The van der Waals surface area contributed by atoms with Crippen LogP contribution in [0.25, 0.3) is 0 Å². The van der Waals surface area contributed by atoms with Crippen molar-refractivity contribution in [1.29, 1.82) is 0 Å². The van der Waals surface area contributed by atoms with E-state index in [1.54, 1.807) is 12.1 Å². The lowest BCUT2D eigenvalue weighted by atomic mass is 9.97. The molecule has 2 aliphatic rings. The Morgan fingerprint density at radius 2 is 2.08 bits per heavy atom. The standard InChI is InChI=1S/C18H23ClN2O3/c1-12-5-6-13(19)10-15(12)21-17(23)11-16(18(21)24)20-8-3-2-4-14(20)7-9-22/h5-6,10,14,16,22H,2-4,7-9,11H2,1H3. The molecule has 1 aromatic rings. The number of hydrogen-bond donors (Lipinski definition) is 1. The molecule has 2 heterocycles. The number of carbonyl (C=O) groups excluding carboxylic acids is 2. The van der Waals surface area contributed by atoms with Crippen molar-refractivity contribution in [2.75, 3.05) is 18.1 Å². The summed E-state index contributed by atoms with van der Waals surface area (Å²) in [6, 6.07) is 5.00. The first kappa shape index (κ1) is 17.4. The smallest absolute Gasteiger partial charge is 0.251 e. The molecule has 2 fully saturated rings. The minimum absolute atomic E-state index is 0.104. The third kappa shape index (κ3) is 3.21. The van der Waals surface area contributed by atoms with Crippen LogP contribution in [-0.4, -0.2) is 47.1 Å². The molecule has 0 radical (unpaired) electrons. The summed E-state index contributed by atoms with van der Waals surface area (Å²) in [5, 5.41) is 9.80. The molecule has 2 aliphatic heterocycles. The van der Waals surface area contributed by atoms with E-state index in [1.807, 2.05) is 13.0 Å². The Hall–Kier alpha value is -1.43. The number of hydrogen-bond acceptors (Lipinski definition) is 4. The second kappa shape index (κ2) is 7.21. The summed E-state index contributed by atoms with van der Waals surface area (Å²) in [4.78, 5) is 29.0. The number of anilines is 1. The summed E-state index contributed by atoms with van der Waals surface area (Å²) < 4.78 is 0. The number of aliphatic hydroxyl groups excluding tert-OH is 1. The van der Waals surface area contributed by atoms with Crippen molar-refractivity contribution in [2.45, 2.75) is 51.1 Å². The fourth-order valence-corrected chi connectivity index (χ4v) is 4.01. The van der Waals surface area contributed by atoms with Crippen LogP contribution in [0.15, 0.2) is 18.2 Å². The second-order valence-corrected chi connectivity index (χ2v) is 7.05. The van der Waals surface area contributed by atoms with Gasteiger partial charge in [-0.15, -0.1) is 0 Å². The summed E-state index contributed by atoms with van der Waals surface area (Å²) in [6.07, 6.45) is 3.94. The monoisotopic (exact) mass is 350 g/mol. The van der Waals surface area contributed by atoms with Crippen molar-refractivity contribution in [2.24, 2.45) is 0 Å². The molecule has 2 atom stereocenters. The second-order valence-electron chi connectivity index (χ2n) is 6.62. The first-order valence-electron chi connectivity index (χ1n) is 8.52. The molecule has 0 spiro atoms. The van der Waals surface area contributed by atoms with Gasteiger partial charge < -0.3 is 5.11 Å². The topological polar surface area (TPSA) is 60.9 Å². The van der Waals surface area contributed by atoms with Crippen molar-refractivity contribution < 1.29 is 14.7 Å². The van der Waals surface area contributed by atoms with Crippen LogP contribution in [-0.2, 0) is 9.59 Å². The highest BCUT2D eigenvalue weighted by molar-refractivity contribution is 6.31. The van der Waals surface area contributed by atoms with Crippen LogP contribution >= 0.6 is 11.6 Å². The van der Waals surface area contributed by atoms with Crippen LogP contribution in [0.3, 0.4) is 0 Å². The van der Waals surface area contributed by atoms with E-state index in [0.29, 0.717) is 17.1 Å². The zero-order chi connectivity index (χ0) is 17.3. The zero-order valence-electron chi connectivity index (χ0n) is 13.9. The number of aliphatic hydroxyl groups is 1. The number of rotatable bonds is 4. The number of aryl methyl sites for hydroxylation is 1. The van der Waals surface area contributed by atoms with Gasteiger partial charge in [0.2, 0.25) is 5.91 Å². The highest BCUT2D eigenvalue weighted by Gasteiger charge is 2.45. The maximum absolute atomic E-state index is 13.0. The average molecular weight is 351 g/mol. The average Bonchev–Trinajstić information content (AvgIpc) is 2.85. The van der Waals surface area contributed by atoms with E-state index in [9.17, 15) is 14.7 Å². The number of piperidine rings is 1. The van der Waals surface area contributed by atoms with Gasteiger partial charge in [0.1, 0.15) is 0 Å². The summed E-state index contributed by atoms with van der Waals surface area (Å²) in [5.74, 6) is -0.348. The van der Waals surface area contributed by atoms with Crippen LogP contribution < -0.4 is 4.90 Å². The molecule has 6 heteroatoms. The Morgan fingerprint density at radius 3 is 2.83 bits per heavy atom. The Balaban J connectivity index is 1.87. The van der Waals surface area contributed by atoms with Gasteiger partial charge in [-0.3, -0.25) is 14.5 Å². The van der Waals surface area contributed by atoms with E-state index in [1.165, 1.54) is 4.90 Å². The molecule has 1 N–H and O–H groups in total. The van der Waals surface area contributed by atoms with Crippen LogP contribution in [0.2, 0.25) is 5.02 Å². The Kier molecular flexibility index (Phi) is 5.23. The molecular weight excluding hydrogens is 328 g/mol. The Bertz CT molecular complexity index is 647. The number of nitrogens with zero attached hydrogens (tertiary/aromatic N) is 2. The van der Waals surface area contributed by atoms with Gasteiger partial charge in [-0.25, -0.2) is 4.90 Å². The van der Waals surface area contributed by atoms with E-state index in [-0.39, 0.29) is 30.9 Å². The lowest BCUT2D eigenvalue weighted by Crippen LogP contribution is -2.50. The van der Waals surface area contributed by atoms with Crippen LogP contribution in [0.4, 0.5) is 5.69 Å². The van der Waals surface area contributed by atoms with Gasteiger partial charge in [0.15, 0.2) is 0 Å². The van der Waals surface area contributed by atoms with Gasteiger partial charge in [-0.2, -0.15) is 0 Å². The quantitative estimate of drug-likeness (QED) is 0.848. The number of amides is 2. The van der Waals surface area contributed by atoms with Crippen molar-refractivity contribution in [3.63, 3.8) is 0 Å². The molecule has 2 amide bonds. The summed E-state index contributed by atoms with van der Waals surface area (Å²) in [7, 11) is 0. The van der Waals surface area contributed by atoms with Gasteiger partial charge in [-0.1, -0.05) is 24.1 Å². The SMILES string of the molecule is Cc1ccc(Cl)cc1N1C(=O)CC(N2CCCCC2CCO)C1=O. The van der Waals surface area contributed by atoms with E-state index in [0.717, 1.165) is 31.4 Å². The predicted molar refractivity (Wildman–Crippen MR) is 93.1 cm³/mol. The number of carbonyl (C=O) groups is 2. The van der Waals surface area contributed by atoms with E-state index >= 15 is 0 Å². The summed E-state index contributed by atoms with van der Waals surface area (Å²) >= 11 is 6.05. The molecular formula is C18H23ClN2O3. The molecule has 0 aliphatic carbocycles. The third-order valence-corrected chi connectivity index (χ3v) is 5.31. The molecule has 2 saturated heterocycles. The van der Waals surface area contributed by atoms with Crippen molar-refractivity contribution in [1.82, 2.24) is 4.90 Å². The minimum atomic E-state index is -0.423. The van der Waals surface area contributed by atoms with Gasteiger partial charge in [0, 0.05) is 17.7 Å². The van der Waals surface area contributed by atoms with Gasteiger partial charge in [-0.05, 0) is 50.4 Å². The number of benzene rings is 1. The molecule has 130 valence electrons. The summed E-state index contributed by atoms with van der Waals surface area (Å²) in [6.45, 7) is 2.78. The molecule has 1 aromatic carbocycles. The van der Waals surface area contributed by atoms with Crippen LogP contribution in [0, 0.1) is 6.92 Å². The fraction of sp³-hybridized carbons (Fsp3) is 0.556. The van der Waals surface area contributed by atoms with Gasteiger partial charge in [0.25, 0.3) is 5.91 Å².